The van der Waals surface area contributed by atoms with Crippen LogP contribution in [0.5, 0.6) is 0 Å². The van der Waals surface area contributed by atoms with Gasteiger partial charge in [0.05, 0.1) is 24.4 Å². The van der Waals surface area contributed by atoms with Gasteiger partial charge in [0.2, 0.25) is 0 Å². The van der Waals surface area contributed by atoms with Crippen molar-refractivity contribution in [3.8, 4) is 0 Å². The number of guanidine groups is 1. The summed E-state index contributed by atoms with van der Waals surface area (Å²) in [5.74, 6) is -0.0394. The van der Waals surface area contributed by atoms with Gasteiger partial charge in [-0.1, -0.05) is 285 Å². The molecule has 1 fully saturated rings. The van der Waals surface area contributed by atoms with Crippen LogP contribution in [0.3, 0.4) is 0 Å². The van der Waals surface area contributed by atoms with Crippen LogP contribution in [0.25, 0.3) is 0 Å². The van der Waals surface area contributed by atoms with Crippen molar-refractivity contribution in [3.05, 3.63) is 0 Å². The molecule has 1 aliphatic rings. The van der Waals surface area contributed by atoms with Crippen LogP contribution in [0.4, 0.5) is 0 Å². The van der Waals surface area contributed by atoms with E-state index in [1.807, 2.05) is 9.80 Å². The molecule has 0 aromatic carbocycles. The number of hydrogen-bond donors (Lipinski definition) is 5. The predicted octanol–water partition coefficient (Wildman–Crippen LogP) is 16.6. The Hall–Kier alpha value is -1.46. The largest absolute Gasteiger partial charge is 0.460 e. The smallest absolute Gasteiger partial charge is 0.323 e. The van der Waals surface area contributed by atoms with E-state index in [0.717, 1.165) is 77.0 Å². The van der Waals surface area contributed by atoms with Crippen molar-refractivity contribution in [3.63, 3.8) is 0 Å². The number of ether oxygens (including phenoxy) is 1. The molecule has 10 heteroatoms. The van der Waals surface area contributed by atoms with E-state index >= 15 is 0 Å². The maximum atomic E-state index is 14.2. The van der Waals surface area contributed by atoms with Gasteiger partial charge < -0.3 is 35.0 Å². The minimum absolute atomic E-state index is 0.201. The SMILES string of the molecule is CCCCCCCCCCC(O)CN(CCC1C(=O)OC(CCCCCCCCCC)CN1CC(O)CCCCCCCCCC)C(=N)N(CC(O)CCCCCCCCCC)CC(O)CCCCCCCCCC. The first kappa shape index (κ1) is 71.6. The van der Waals surface area contributed by atoms with Gasteiger partial charge >= 0.3 is 5.97 Å². The average Bonchev–Trinajstić information content (AvgIpc) is 3.39. The highest BCUT2D eigenvalue weighted by Crippen LogP contribution is 2.24. The Morgan fingerprint density at radius 2 is 0.733 bits per heavy atom. The van der Waals surface area contributed by atoms with E-state index in [1.54, 1.807) is 0 Å². The lowest BCUT2D eigenvalue weighted by Gasteiger charge is -2.41. The molecular weight excluding hydrogens is 933 g/mol. The van der Waals surface area contributed by atoms with Crippen LogP contribution >= 0.6 is 0 Å². The number of carbonyl (C=O) groups excluding carboxylic acids is 1. The molecule has 1 rings (SSSR count). The van der Waals surface area contributed by atoms with Crippen LogP contribution in [-0.2, 0) is 9.53 Å². The third-order valence-electron chi connectivity index (χ3n) is 16.4. The molecule has 0 bridgehead atoms. The molecule has 0 saturated carbocycles. The van der Waals surface area contributed by atoms with Crippen LogP contribution < -0.4 is 0 Å². The molecule has 0 aromatic rings. The number of cyclic esters (lactones) is 1. The Kier molecular flexibility index (Phi) is 49.6. The topological polar surface area (TPSA) is 141 Å². The Labute approximate surface area is 466 Å². The summed E-state index contributed by atoms with van der Waals surface area (Å²) < 4.78 is 6.26. The van der Waals surface area contributed by atoms with Gasteiger partial charge in [-0.2, -0.15) is 0 Å². The van der Waals surface area contributed by atoms with Crippen molar-refractivity contribution < 1.29 is 30.0 Å². The summed E-state index contributed by atoms with van der Waals surface area (Å²) in [4.78, 5) is 20.2. The Bertz CT molecular complexity index is 1210. The van der Waals surface area contributed by atoms with Gasteiger partial charge in [0.25, 0.3) is 0 Å². The second-order valence-electron chi connectivity index (χ2n) is 23.9. The number of aliphatic hydroxyl groups excluding tert-OH is 4. The Morgan fingerprint density at radius 3 is 1.08 bits per heavy atom. The van der Waals surface area contributed by atoms with E-state index in [9.17, 15) is 30.6 Å². The molecule has 0 amide bonds. The maximum Gasteiger partial charge on any atom is 0.323 e. The minimum atomic E-state index is -0.657. The molecule has 0 aliphatic carbocycles. The van der Waals surface area contributed by atoms with Gasteiger partial charge in [0.1, 0.15) is 12.1 Å². The number of esters is 1. The number of nitrogens with one attached hydrogen (secondary N) is 1. The second kappa shape index (κ2) is 51.9. The summed E-state index contributed by atoms with van der Waals surface area (Å²) in [5, 5.41) is 56.3. The lowest BCUT2D eigenvalue weighted by atomic mass is 10.0. The molecule has 75 heavy (non-hydrogen) atoms. The number of morpholine rings is 1. The van der Waals surface area contributed by atoms with Crippen LogP contribution in [0.2, 0.25) is 0 Å². The van der Waals surface area contributed by atoms with E-state index in [0.29, 0.717) is 45.3 Å². The predicted molar refractivity (Wildman–Crippen MR) is 321 cm³/mol. The van der Waals surface area contributed by atoms with E-state index in [-0.39, 0.29) is 37.7 Å². The van der Waals surface area contributed by atoms with Gasteiger partial charge in [-0.3, -0.25) is 15.1 Å². The summed E-state index contributed by atoms with van der Waals surface area (Å²) in [5.41, 5.74) is 0. The zero-order chi connectivity index (χ0) is 54.8. The molecule has 6 atom stereocenters. The van der Waals surface area contributed by atoms with Crippen LogP contribution in [0.15, 0.2) is 0 Å². The number of unbranched alkanes of at least 4 members (excludes halogenated alkanes) is 35. The minimum Gasteiger partial charge on any atom is -0.460 e. The van der Waals surface area contributed by atoms with Crippen LogP contribution in [0, 0.1) is 5.41 Å². The molecule has 0 radical (unpaired) electrons. The first-order chi connectivity index (χ1) is 36.6. The molecule has 10 nitrogen and oxygen atoms in total. The molecule has 1 heterocycles. The lowest BCUT2D eigenvalue weighted by Crippen LogP contribution is -2.56. The molecule has 1 aliphatic heterocycles. The summed E-state index contributed by atoms with van der Waals surface area (Å²) in [6, 6.07) is -0.568. The third kappa shape index (κ3) is 41.3. The van der Waals surface area contributed by atoms with Gasteiger partial charge in [-0.25, -0.2) is 0 Å². The van der Waals surface area contributed by atoms with Crippen molar-refractivity contribution in [1.82, 2.24) is 14.7 Å². The standard InChI is InChI=1S/C65H130N4O6/c1-6-11-16-21-26-31-36-41-46-58(70)53-67(65(66)69(55-60(72)48-43-38-33-28-23-18-13-8-3)56-61(73)49-44-39-34-29-24-19-14-9-4)52-51-63-64(74)75-62(50-45-40-35-30-25-20-15-10-5)57-68(63)54-59(71)47-42-37-32-27-22-17-12-7-2/h58-63,66,70-73H,6-57H2,1-5H3. The third-order valence-corrected chi connectivity index (χ3v) is 16.4. The highest BCUT2D eigenvalue weighted by molar-refractivity contribution is 5.78. The zero-order valence-electron chi connectivity index (χ0n) is 50.7. The monoisotopic (exact) mass is 1060 g/mol. The number of aliphatic hydroxyl groups is 4. The van der Waals surface area contributed by atoms with E-state index in [4.69, 9.17) is 4.74 Å². The summed E-state index contributed by atoms with van der Waals surface area (Å²) in [6.45, 7) is 13.4. The summed E-state index contributed by atoms with van der Waals surface area (Å²) in [7, 11) is 0. The van der Waals surface area contributed by atoms with Gasteiger partial charge in [0, 0.05) is 39.3 Å². The highest BCUT2D eigenvalue weighted by Gasteiger charge is 2.38. The fraction of sp³-hybridized carbons (Fsp3) is 0.969. The molecule has 0 aromatic heterocycles. The number of carbonyl (C=O) groups is 1. The average molecular weight is 1060 g/mol. The summed E-state index contributed by atoms with van der Waals surface area (Å²) in [6.07, 6.45) is 49.3. The van der Waals surface area contributed by atoms with Gasteiger partial charge in [0.15, 0.2) is 5.96 Å². The van der Waals surface area contributed by atoms with Crippen molar-refractivity contribution in [2.75, 3.05) is 39.3 Å². The second-order valence-corrected chi connectivity index (χ2v) is 23.9. The van der Waals surface area contributed by atoms with Gasteiger partial charge in [-0.05, 0) is 44.9 Å². The van der Waals surface area contributed by atoms with E-state index in [2.05, 4.69) is 39.5 Å². The molecule has 0 spiro atoms. The normalized spacial score (nSPS) is 16.8. The quantitative estimate of drug-likeness (QED) is 0.0174. The lowest BCUT2D eigenvalue weighted by molar-refractivity contribution is -0.168. The Balaban J connectivity index is 3.30. The first-order valence-electron chi connectivity index (χ1n) is 33.3. The van der Waals surface area contributed by atoms with Crippen molar-refractivity contribution in [2.45, 2.75) is 367 Å². The zero-order valence-corrected chi connectivity index (χ0v) is 50.7. The molecular formula is C65H130N4O6. The number of nitrogens with zero attached hydrogens (tertiary/aromatic N) is 3. The fourth-order valence-corrected chi connectivity index (χ4v) is 11.4. The number of hydrogen-bond acceptors (Lipinski definition) is 8. The highest BCUT2D eigenvalue weighted by atomic mass is 16.5. The van der Waals surface area contributed by atoms with Gasteiger partial charge in [-0.15, -0.1) is 0 Å². The first-order valence-corrected chi connectivity index (χ1v) is 33.3. The maximum absolute atomic E-state index is 14.2. The van der Waals surface area contributed by atoms with Crippen molar-refractivity contribution in [2.24, 2.45) is 0 Å². The molecule has 5 N–H and O–H groups in total. The van der Waals surface area contributed by atoms with Crippen LogP contribution in [-0.4, -0.2) is 123 Å². The number of rotatable bonds is 56. The van der Waals surface area contributed by atoms with E-state index in [1.165, 1.54) is 193 Å². The Morgan fingerprint density at radius 1 is 0.440 bits per heavy atom. The summed E-state index contributed by atoms with van der Waals surface area (Å²) >= 11 is 0. The van der Waals surface area contributed by atoms with Crippen molar-refractivity contribution in [1.29, 1.82) is 5.41 Å². The molecule has 6 unspecified atom stereocenters. The molecule has 446 valence electrons. The van der Waals surface area contributed by atoms with Crippen LogP contribution in [0.1, 0.15) is 330 Å². The molecule has 1 saturated heterocycles. The van der Waals surface area contributed by atoms with E-state index < -0.39 is 30.5 Å². The van der Waals surface area contributed by atoms with Crippen molar-refractivity contribution >= 4 is 11.9 Å². The number of β-amino-alcohol motifs (C(OH)–C–C–N with tert-alkyl or cyclic N) is 1. The fourth-order valence-electron chi connectivity index (χ4n) is 11.4.